The topological polar surface area (TPSA) is 45.2 Å². The van der Waals surface area contributed by atoms with Crippen LogP contribution in [0.5, 0.6) is 0 Å². The number of carbonyl (C=O) groups is 1. The Balaban J connectivity index is 1.63. The summed E-state index contributed by atoms with van der Waals surface area (Å²) < 4.78 is 0. The molecule has 4 nitrogen and oxygen atoms in total. The first-order chi connectivity index (χ1) is 13.0. The molecule has 1 atom stereocenters. The van der Waals surface area contributed by atoms with Gasteiger partial charge in [0.2, 0.25) is 0 Å². The van der Waals surface area contributed by atoms with Gasteiger partial charge >= 0.3 is 0 Å². The zero-order valence-corrected chi connectivity index (χ0v) is 15.9. The van der Waals surface area contributed by atoms with Crippen LogP contribution in [0.15, 0.2) is 60.9 Å². The highest BCUT2D eigenvalue weighted by Crippen LogP contribution is 2.37. The number of para-hydroxylation sites is 1. The van der Waals surface area contributed by atoms with Crippen LogP contribution >= 0.6 is 0 Å². The van der Waals surface area contributed by atoms with Crippen LogP contribution in [0.1, 0.15) is 34.0 Å². The number of carbonyl (C=O) groups excluding carboxylic acids is 1. The number of nitrogens with zero attached hydrogens (tertiary/aromatic N) is 2. The van der Waals surface area contributed by atoms with Gasteiger partial charge in [-0.2, -0.15) is 0 Å². The number of benzene rings is 2. The van der Waals surface area contributed by atoms with Crippen molar-refractivity contribution in [3.8, 4) is 0 Å². The molecule has 0 fully saturated rings. The van der Waals surface area contributed by atoms with Gasteiger partial charge in [0.15, 0.2) is 0 Å². The number of amides is 1. The van der Waals surface area contributed by atoms with Crippen molar-refractivity contribution in [1.29, 1.82) is 0 Å². The lowest BCUT2D eigenvalue weighted by molar-refractivity contribution is 0.102. The Morgan fingerprint density at radius 2 is 1.93 bits per heavy atom. The third-order valence-electron chi connectivity index (χ3n) is 5.11. The first-order valence-corrected chi connectivity index (χ1v) is 9.24. The van der Waals surface area contributed by atoms with Crippen molar-refractivity contribution >= 4 is 23.0 Å². The van der Waals surface area contributed by atoms with Gasteiger partial charge in [-0.25, -0.2) is 0 Å². The molecule has 4 heteroatoms. The molecule has 1 N–H and O–H groups in total. The molecule has 1 unspecified atom stereocenters. The molecule has 1 amide bonds. The zero-order valence-electron chi connectivity index (χ0n) is 15.9. The maximum Gasteiger partial charge on any atom is 0.257 e. The number of anilines is 3. The van der Waals surface area contributed by atoms with Crippen LogP contribution in [0.25, 0.3) is 0 Å². The van der Waals surface area contributed by atoms with E-state index in [2.05, 4.69) is 40.3 Å². The van der Waals surface area contributed by atoms with Crippen molar-refractivity contribution in [2.24, 2.45) is 0 Å². The lowest BCUT2D eigenvalue weighted by Crippen LogP contribution is -2.24. The van der Waals surface area contributed by atoms with Crippen molar-refractivity contribution in [2.45, 2.75) is 33.2 Å². The van der Waals surface area contributed by atoms with E-state index in [1.54, 1.807) is 6.20 Å². The zero-order chi connectivity index (χ0) is 19.0. The van der Waals surface area contributed by atoms with E-state index >= 15 is 0 Å². The Bertz CT molecular complexity index is 1010. The molecule has 0 saturated heterocycles. The van der Waals surface area contributed by atoms with Gasteiger partial charge in [0.25, 0.3) is 5.91 Å². The molecular weight excluding hydrogens is 334 g/mol. The molecule has 1 aliphatic rings. The molecule has 0 radical (unpaired) electrons. The van der Waals surface area contributed by atoms with E-state index in [9.17, 15) is 4.79 Å². The van der Waals surface area contributed by atoms with Crippen LogP contribution in [-0.4, -0.2) is 16.9 Å². The number of fused-ring (bicyclic) bond motifs is 1. The molecule has 1 aliphatic heterocycles. The summed E-state index contributed by atoms with van der Waals surface area (Å²) in [7, 11) is 0. The lowest BCUT2D eigenvalue weighted by Gasteiger charge is -2.25. The molecule has 1 aromatic heterocycles. The van der Waals surface area contributed by atoms with Crippen LogP contribution in [0.3, 0.4) is 0 Å². The summed E-state index contributed by atoms with van der Waals surface area (Å²) in [4.78, 5) is 19.4. The molecule has 0 aliphatic carbocycles. The third kappa shape index (κ3) is 3.31. The van der Waals surface area contributed by atoms with Crippen LogP contribution in [0, 0.1) is 13.8 Å². The van der Waals surface area contributed by atoms with E-state index in [4.69, 9.17) is 0 Å². The van der Waals surface area contributed by atoms with Gasteiger partial charge in [-0.05, 0) is 62.1 Å². The standard InChI is InChI=1S/C23H23N3O/c1-15-8-9-16(2)21(10-15)25-23(27)19-12-20(14-24-13-19)26-17(3)11-18-6-4-5-7-22(18)26/h4-10,12-14,17H,11H2,1-3H3,(H,25,27). The molecule has 0 saturated carbocycles. The molecule has 0 bridgehead atoms. The number of aromatic nitrogens is 1. The van der Waals surface area contributed by atoms with Gasteiger partial charge in [0.05, 0.1) is 17.4 Å². The van der Waals surface area contributed by atoms with Gasteiger partial charge in [-0.3, -0.25) is 9.78 Å². The van der Waals surface area contributed by atoms with E-state index in [-0.39, 0.29) is 5.91 Å². The predicted octanol–water partition coefficient (Wildman–Crippen LogP) is 5.03. The van der Waals surface area contributed by atoms with E-state index < -0.39 is 0 Å². The van der Waals surface area contributed by atoms with Crippen molar-refractivity contribution in [1.82, 2.24) is 4.98 Å². The minimum Gasteiger partial charge on any atom is -0.337 e. The second-order valence-corrected chi connectivity index (χ2v) is 7.26. The summed E-state index contributed by atoms with van der Waals surface area (Å²) in [5.41, 5.74) is 7.02. The maximum absolute atomic E-state index is 12.8. The van der Waals surface area contributed by atoms with Crippen LogP contribution in [0.2, 0.25) is 0 Å². The van der Waals surface area contributed by atoms with Gasteiger partial charge in [0, 0.05) is 23.6 Å². The predicted molar refractivity (Wildman–Crippen MR) is 110 cm³/mol. The van der Waals surface area contributed by atoms with E-state index in [0.717, 1.165) is 28.9 Å². The minimum atomic E-state index is -0.141. The number of pyridine rings is 1. The highest BCUT2D eigenvalue weighted by molar-refractivity contribution is 6.05. The number of hydrogen-bond donors (Lipinski definition) is 1. The summed E-state index contributed by atoms with van der Waals surface area (Å²) in [6.45, 7) is 6.21. The largest absolute Gasteiger partial charge is 0.337 e. The Morgan fingerprint density at radius 1 is 1.11 bits per heavy atom. The van der Waals surface area contributed by atoms with Crippen LogP contribution in [-0.2, 0) is 6.42 Å². The summed E-state index contributed by atoms with van der Waals surface area (Å²) in [6.07, 6.45) is 4.44. The Morgan fingerprint density at radius 3 is 2.78 bits per heavy atom. The molecular formula is C23H23N3O. The summed E-state index contributed by atoms with van der Waals surface area (Å²) in [5.74, 6) is -0.141. The fourth-order valence-electron chi connectivity index (χ4n) is 3.71. The van der Waals surface area contributed by atoms with E-state index in [1.807, 2.05) is 50.4 Å². The van der Waals surface area contributed by atoms with Gasteiger partial charge in [-0.1, -0.05) is 30.3 Å². The van der Waals surface area contributed by atoms with Gasteiger partial charge in [-0.15, -0.1) is 0 Å². The maximum atomic E-state index is 12.8. The highest BCUT2D eigenvalue weighted by atomic mass is 16.1. The molecule has 3 aromatic rings. The first-order valence-electron chi connectivity index (χ1n) is 9.24. The fraction of sp³-hybridized carbons (Fsp3) is 0.217. The average molecular weight is 357 g/mol. The Kier molecular flexibility index (Phi) is 4.40. The molecule has 0 spiro atoms. The Labute approximate surface area is 159 Å². The van der Waals surface area contributed by atoms with E-state index in [1.165, 1.54) is 11.3 Å². The second-order valence-electron chi connectivity index (χ2n) is 7.26. The number of rotatable bonds is 3. The fourth-order valence-corrected chi connectivity index (χ4v) is 3.71. The van der Waals surface area contributed by atoms with Crippen LogP contribution in [0.4, 0.5) is 17.1 Å². The first kappa shape index (κ1) is 17.3. The molecule has 4 rings (SSSR count). The number of hydrogen-bond acceptors (Lipinski definition) is 3. The summed E-state index contributed by atoms with van der Waals surface area (Å²) in [6, 6.07) is 16.7. The third-order valence-corrected chi connectivity index (χ3v) is 5.11. The summed E-state index contributed by atoms with van der Waals surface area (Å²) in [5, 5.41) is 3.02. The summed E-state index contributed by atoms with van der Waals surface area (Å²) >= 11 is 0. The number of aryl methyl sites for hydroxylation is 2. The lowest BCUT2D eigenvalue weighted by atomic mass is 10.1. The van der Waals surface area contributed by atoms with Crippen molar-refractivity contribution in [3.63, 3.8) is 0 Å². The molecule has 2 aromatic carbocycles. The van der Waals surface area contributed by atoms with Gasteiger partial charge in [0.1, 0.15) is 0 Å². The minimum absolute atomic E-state index is 0.141. The SMILES string of the molecule is Cc1ccc(C)c(NC(=O)c2cncc(N3c4ccccc4CC3C)c2)c1. The van der Waals surface area contributed by atoms with Crippen molar-refractivity contribution < 1.29 is 4.79 Å². The quantitative estimate of drug-likeness (QED) is 0.715. The number of nitrogens with one attached hydrogen (secondary N) is 1. The monoisotopic (exact) mass is 357 g/mol. The van der Waals surface area contributed by atoms with Crippen LogP contribution < -0.4 is 10.2 Å². The highest BCUT2D eigenvalue weighted by Gasteiger charge is 2.27. The average Bonchev–Trinajstić information content (AvgIpc) is 3.00. The molecule has 136 valence electrons. The van der Waals surface area contributed by atoms with Gasteiger partial charge < -0.3 is 10.2 Å². The Hall–Kier alpha value is -3.14. The molecule has 27 heavy (non-hydrogen) atoms. The van der Waals surface area contributed by atoms with Crippen molar-refractivity contribution in [2.75, 3.05) is 10.2 Å². The smallest absolute Gasteiger partial charge is 0.257 e. The van der Waals surface area contributed by atoms with E-state index in [0.29, 0.717) is 11.6 Å². The van der Waals surface area contributed by atoms with Crippen molar-refractivity contribution in [3.05, 3.63) is 83.2 Å². The normalized spacial score (nSPS) is 15.5. The second kappa shape index (κ2) is 6.88. The molecule has 2 heterocycles.